The molecule has 0 aromatic carbocycles. The maximum Gasteiger partial charge on any atom is 0.0947 e. The lowest BCUT2D eigenvalue weighted by Crippen LogP contribution is -2.37. The fraction of sp³-hybridized carbons (Fsp3) is 0.571. The summed E-state index contributed by atoms with van der Waals surface area (Å²) in [5.41, 5.74) is 5.71. The zero-order valence-corrected chi connectivity index (χ0v) is 6.78. The second-order valence-electron chi connectivity index (χ2n) is 3.00. The first-order chi connectivity index (χ1) is 5.06. The summed E-state index contributed by atoms with van der Waals surface area (Å²) in [7, 11) is 1.87. The van der Waals surface area contributed by atoms with Crippen LogP contribution in [0.5, 0.6) is 0 Å². The van der Waals surface area contributed by atoms with Gasteiger partial charge in [-0.05, 0) is 6.92 Å². The first kappa shape index (κ1) is 8.23. The predicted molar refractivity (Wildman–Crippen MR) is 41.8 cm³/mol. The van der Waals surface area contributed by atoms with Gasteiger partial charge >= 0.3 is 0 Å². The lowest BCUT2D eigenvalue weighted by atomic mass is 10.0. The molecule has 1 rings (SSSR count). The highest BCUT2D eigenvalue weighted by Gasteiger charge is 2.22. The van der Waals surface area contributed by atoms with Gasteiger partial charge in [0.15, 0.2) is 0 Å². The number of nitrogens with zero attached hydrogens (tertiary/aromatic N) is 2. The highest BCUT2D eigenvalue weighted by Crippen LogP contribution is 2.13. The predicted octanol–water partition coefficient (Wildman–Crippen LogP) is -0.414. The lowest BCUT2D eigenvalue weighted by molar-refractivity contribution is 0.207. The first-order valence-corrected chi connectivity index (χ1v) is 3.44. The van der Waals surface area contributed by atoms with Gasteiger partial charge < -0.3 is 15.4 Å². The molecule has 1 heterocycles. The summed E-state index contributed by atoms with van der Waals surface area (Å²) in [5.74, 6) is 0. The summed E-state index contributed by atoms with van der Waals surface area (Å²) in [4.78, 5) is 4.04. The number of aliphatic hydroxyl groups excluding tert-OH is 1. The van der Waals surface area contributed by atoms with Gasteiger partial charge in [0.05, 0.1) is 24.2 Å². The molecule has 0 fully saturated rings. The molecule has 1 aromatic rings. The van der Waals surface area contributed by atoms with Crippen LogP contribution in [0, 0.1) is 0 Å². The van der Waals surface area contributed by atoms with Crippen molar-refractivity contribution in [3.63, 3.8) is 0 Å². The maximum absolute atomic E-state index is 8.88. The van der Waals surface area contributed by atoms with Crippen LogP contribution < -0.4 is 5.73 Å². The molecule has 0 aliphatic rings. The second kappa shape index (κ2) is 2.64. The van der Waals surface area contributed by atoms with Gasteiger partial charge in [-0.1, -0.05) is 0 Å². The zero-order chi connectivity index (χ0) is 8.48. The zero-order valence-electron chi connectivity index (χ0n) is 6.78. The fourth-order valence-corrected chi connectivity index (χ4v) is 0.789. The van der Waals surface area contributed by atoms with Crippen molar-refractivity contribution in [2.45, 2.75) is 12.5 Å². The molecule has 62 valence electrons. The number of hydrogen-bond acceptors (Lipinski definition) is 3. The molecule has 0 aliphatic carbocycles. The van der Waals surface area contributed by atoms with Crippen molar-refractivity contribution < 1.29 is 5.11 Å². The second-order valence-corrected chi connectivity index (χ2v) is 3.00. The molecular formula is C7H13N3O. The van der Waals surface area contributed by atoms with E-state index in [0.29, 0.717) is 5.69 Å². The van der Waals surface area contributed by atoms with Crippen LogP contribution in [0.3, 0.4) is 0 Å². The van der Waals surface area contributed by atoms with Gasteiger partial charge in [-0.25, -0.2) is 4.98 Å². The Labute approximate surface area is 65.7 Å². The minimum Gasteiger partial charge on any atom is -0.394 e. The molecule has 4 nitrogen and oxygen atoms in total. The lowest BCUT2D eigenvalue weighted by Gasteiger charge is -2.18. The van der Waals surface area contributed by atoms with E-state index < -0.39 is 5.54 Å². The van der Waals surface area contributed by atoms with E-state index >= 15 is 0 Å². The molecular weight excluding hydrogens is 142 g/mol. The average molecular weight is 155 g/mol. The van der Waals surface area contributed by atoms with E-state index in [1.807, 2.05) is 7.05 Å². The maximum atomic E-state index is 8.88. The van der Waals surface area contributed by atoms with E-state index in [1.54, 1.807) is 24.0 Å². The van der Waals surface area contributed by atoms with E-state index in [1.165, 1.54) is 0 Å². The Balaban J connectivity index is 2.92. The van der Waals surface area contributed by atoms with Crippen molar-refractivity contribution in [2.24, 2.45) is 12.8 Å². The quantitative estimate of drug-likeness (QED) is 0.610. The van der Waals surface area contributed by atoms with E-state index in [-0.39, 0.29) is 6.61 Å². The number of nitrogens with two attached hydrogens (primary N) is 1. The molecule has 3 N–H and O–H groups in total. The van der Waals surface area contributed by atoms with Gasteiger partial charge in [0.25, 0.3) is 0 Å². The molecule has 0 spiro atoms. The molecule has 0 bridgehead atoms. The summed E-state index contributed by atoms with van der Waals surface area (Å²) in [6.07, 6.45) is 3.46. The minimum atomic E-state index is -0.721. The van der Waals surface area contributed by atoms with Crippen LogP contribution in [-0.2, 0) is 12.6 Å². The molecule has 11 heavy (non-hydrogen) atoms. The van der Waals surface area contributed by atoms with Crippen molar-refractivity contribution in [1.82, 2.24) is 9.55 Å². The third-order valence-electron chi connectivity index (χ3n) is 1.62. The molecule has 0 aliphatic heterocycles. The van der Waals surface area contributed by atoms with Crippen LogP contribution in [0.15, 0.2) is 12.5 Å². The summed E-state index contributed by atoms with van der Waals surface area (Å²) in [6.45, 7) is 1.65. The van der Waals surface area contributed by atoms with Crippen LogP contribution in [0.25, 0.3) is 0 Å². The molecule has 0 radical (unpaired) electrons. The molecule has 0 saturated carbocycles. The Hall–Kier alpha value is -0.870. The number of rotatable bonds is 2. The van der Waals surface area contributed by atoms with Crippen molar-refractivity contribution in [3.8, 4) is 0 Å². The topological polar surface area (TPSA) is 64.1 Å². The van der Waals surface area contributed by atoms with E-state index in [9.17, 15) is 0 Å². The Morgan fingerprint density at radius 2 is 2.45 bits per heavy atom. The third kappa shape index (κ3) is 1.58. The number of aliphatic hydroxyl groups is 1. The van der Waals surface area contributed by atoms with Gasteiger partial charge in [-0.3, -0.25) is 0 Å². The van der Waals surface area contributed by atoms with Crippen molar-refractivity contribution in [2.75, 3.05) is 6.61 Å². The van der Waals surface area contributed by atoms with Crippen LogP contribution in [0.2, 0.25) is 0 Å². The summed E-state index contributed by atoms with van der Waals surface area (Å²) < 4.78 is 1.80. The summed E-state index contributed by atoms with van der Waals surface area (Å²) >= 11 is 0. The van der Waals surface area contributed by atoms with Gasteiger partial charge in [-0.2, -0.15) is 0 Å². The third-order valence-corrected chi connectivity index (χ3v) is 1.62. The van der Waals surface area contributed by atoms with Gasteiger partial charge in [0.1, 0.15) is 0 Å². The van der Waals surface area contributed by atoms with Crippen LogP contribution in [0.1, 0.15) is 12.6 Å². The van der Waals surface area contributed by atoms with Gasteiger partial charge in [-0.15, -0.1) is 0 Å². The molecule has 0 saturated heterocycles. The summed E-state index contributed by atoms with van der Waals surface area (Å²) in [6, 6.07) is 0. The first-order valence-electron chi connectivity index (χ1n) is 3.44. The number of aryl methyl sites for hydroxylation is 1. The molecule has 4 heteroatoms. The van der Waals surface area contributed by atoms with Crippen molar-refractivity contribution in [3.05, 3.63) is 18.2 Å². The van der Waals surface area contributed by atoms with E-state index in [2.05, 4.69) is 4.98 Å². The Kier molecular flexibility index (Phi) is 1.97. The minimum absolute atomic E-state index is 0.0932. The van der Waals surface area contributed by atoms with Crippen LogP contribution in [-0.4, -0.2) is 21.3 Å². The fourth-order valence-electron chi connectivity index (χ4n) is 0.789. The molecule has 1 atom stereocenters. The number of hydrogen-bond donors (Lipinski definition) is 2. The number of aromatic nitrogens is 2. The number of imidazole rings is 1. The monoisotopic (exact) mass is 155 g/mol. The summed E-state index contributed by atoms with van der Waals surface area (Å²) in [5, 5.41) is 8.88. The molecule has 1 unspecified atom stereocenters. The van der Waals surface area contributed by atoms with Crippen LogP contribution in [0.4, 0.5) is 0 Å². The smallest absolute Gasteiger partial charge is 0.0947 e. The van der Waals surface area contributed by atoms with Crippen molar-refractivity contribution >= 4 is 0 Å². The van der Waals surface area contributed by atoms with Gasteiger partial charge in [0, 0.05) is 13.2 Å². The highest BCUT2D eigenvalue weighted by molar-refractivity contribution is 5.09. The normalized spacial score (nSPS) is 16.4. The van der Waals surface area contributed by atoms with Gasteiger partial charge in [0.2, 0.25) is 0 Å². The van der Waals surface area contributed by atoms with Crippen molar-refractivity contribution in [1.29, 1.82) is 0 Å². The largest absolute Gasteiger partial charge is 0.394 e. The van der Waals surface area contributed by atoms with Crippen LogP contribution >= 0.6 is 0 Å². The molecule has 0 amide bonds. The van der Waals surface area contributed by atoms with E-state index in [0.717, 1.165) is 0 Å². The molecule has 1 aromatic heterocycles. The Bertz CT molecular complexity index is 242. The Morgan fingerprint density at radius 3 is 2.82 bits per heavy atom. The average Bonchev–Trinajstić information content (AvgIpc) is 2.36. The highest BCUT2D eigenvalue weighted by atomic mass is 16.3. The standard InChI is InChI=1S/C7H13N3O/c1-7(8,4-11)6-3-10(2)5-9-6/h3,5,11H,4,8H2,1-2H3. The SMILES string of the molecule is Cn1cnc(C(C)(N)CO)c1. The van der Waals surface area contributed by atoms with E-state index in [4.69, 9.17) is 10.8 Å². The Morgan fingerprint density at radius 1 is 1.82 bits per heavy atom.